The summed E-state index contributed by atoms with van der Waals surface area (Å²) in [5.74, 6) is -0.321. The molecule has 0 bridgehead atoms. The number of allylic oxidation sites excluding steroid dienone is 10. The van der Waals surface area contributed by atoms with E-state index >= 15 is 0 Å². The Bertz CT molecular complexity index is 1170. The fourth-order valence-electron chi connectivity index (χ4n) is 6.93. The lowest BCUT2D eigenvalue weighted by atomic mass is 10.0. The van der Waals surface area contributed by atoms with Gasteiger partial charge in [0.25, 0.3) is 0 Å². The fourth-order valence-corrected chi connectivity index (χ4v) is 7.67. The van der Waals surface area contributed by atoms with Gasteiger partial charge in [-0.25, -0.2) is 4.57 Å². The van der Waals surface area contributed by atoms with Crippen LogP contribution in [0.1, 0.15) is 213 Å². The van der Waals surface area contributed by atoms with E-state index in [2.05, 4.69) is 74.6 Å². The van der Waals surface area contributed by atoms with Crippen LogP contribution < -0.4 is 0 Å². The highest BCUT2D eigenvalue weighted by molar-refractivity contribution is 7.47. The number of carbonyl (C=O) groups is 1. The summed E-state index contributed by atoms with van der Waals surface area (Å²) in [7, 11) is 1.65. The van der Waals surface area contributed by atoms with Crippen LogP contribution in [-0.2, 0) is 27.9 Å². The summed E-state index contributed by atoms with van der Waals surface area (Å²) in [6, 6.07) is 0. The normalized spacial score (nSPS) is 14.1. The Morgan fingerprint density at radius 1 is 0.516 bits per heavy atom. The Hall–Kier alpha value is -1.80. The average Bonchev–Trinajstić information content (AvgIpc) is 3.23. The van der Waals surface area contributed by atoms with Gasteiger partial charge in [-0.1, -0.05) is 209 Å². The van der Waals surface area contributed by atoms with E-state index < -0.39 is 13.9 Å². The quantitative estimate of drug-likeness (QED) is 0.0214. The van der Waals surface area contributed by atoms with Crippen LogP contribution in [0.15, 0.2) is 60.8 Å². The Kier molecular flexibility index (Phi) is 44.4. The number of ether oxygens (including phenoxy) is 2. The first-order valence-corrected chi connectivity index (χ1v) is 27.0. The van der Waals surface area contributed by atoms with Crippen LogP contribution in [0.5, 0.6) is 0 Å². The van der Waals surface area contributed by atoms with Crippen LogP contribution in [0.3, 0.4) is 0 Å². The molecule has 0 heterocycles. The lowest BCUT2D eigenvalue weighted by molar-refractivity contribution is -0.870. The number of nitrogens with zero attached hydrogens (tertiary/aromatic N) is 1. The van der Waals surface area contributed by atoms with E-state index in [1.54, 1.807) is 0 Å². The molecule has 0 spiro atoms. The SMILES string of the molecule is CC/C=C\C/C=C\C/C=C\C/C=C\C/C=C\CCCCCCOCC(COP(=O)(O)OCC[N+](C)(C)C)OC(=O)CCCCCCCCCCCCCCCCCCCCCC. The number of unbranched alkanes of at least 4 members (excludes halogenated alkanes) is 23. The number of hydrogen-bond donors (Lipinski definition) is 1. The van der Waals surface area contributed by atoms with Crippen molar-refractivity contribution in [2.24, 2.45) is 0 Å². The van der Waals surface area contributed by atoms with Crippen molar-refractivity contribution in [3.63, 3.8) is 0 Å². The van der Waals surface area contributed by atoms with Gasteiger partial charge in [-0.15, -0.1) is 0 Å². The smallest absolute Gasteiger partial charge is 0.457 e. The lowest BCUT2D eigenvalue weighted by Gasteiger charge is -2.24. The van der Waals surface area contributed by atoms with E-state index in [-0.39, 0.29) is 25.8 Å². The highest BCUT2D eigenvalue weighted by atomic mass is 31.2. The van der Waals surface area contributed by atoms with Crippen LogP contribution in [0.25, 0.3) is 0 Å². The topological polar surface area (TPSA) is 91.3 Å². The second-order valence-electron chi connectivity index (χ2n) is 18.2. The highest BCUT2D eigenvalue weighted by Crippen LogP contribution is 2.43. The van der Waals surface area contributed by atoms with Crippen molar-refractivity contribution in [1.82, 2.24) is 0 Å². The van der Waals surface area contributed by atoms with Crippen molar-refractivity contribution >= 4 is 13.8 Å². The third kappa shape index (κ3) is 49.2. The maximum Gasteiger partial charge on any atom is 0.472 e. The van der Waals surface area contributed by atoms with E-state index in [1.165, 1.54) is 109 Å². The lowest BCUT2D eigenvalue weighted by Crippen LogP contribution is -2.37. The molecule has 0 aromatic rings. The molecule has 0 aromatic heterocycles. The molecule has 2 unspecified atom stereocenters. The van der Waals surface area contributed by atoms with Crippen LogP contribution in [0.4, 0.5) is 0 Å². The zero-order chi connectivity index (χ0) is 45.5. The van der Waals surface area contributed by atoms with E-state index in [9.17, 15) is 14.3 Å². The van der Waals surface area contributed by atoms with Crippen molar-refractivity contribution in [3.05, 3.63) is 60.8 Å². The molecule has 0 rings (SSSR count). The van der Waals surface area contributed by atoms with Gasteiger partial charge in [-0.3, -0.25) is 13.8 Å². The molecule has 62 heavy (non-hydrogen) atoms. The molecule has 0 aromatic carbocycles. The van der Waals surface area contributed by atoms with Crippen molar-refractivity contribution in [2.45, 2.75) is 219 Å². The number of likely N-dealkylation sites (N-methyl/N-ethyl adjacent to an activating group) is 1. The first-order chi connectivity index (χ1) is 30.1. The molecule has 1 N–H and O–H groups in total. The van der Waals surface area contributed by atoms with Crippen molar-refractivity contribution < 1.29 is 37.3 Å². The van der Waals surface area contributed by atoms with Crippen molar-refractivity contribution in [1.29, 1.82) is 0 Å². The van der Waals surface area contributed by atoms with Gasteiger partial charge in [0.15, 0.2) is 0 Å². The number of hydrogen-bond acceptors (Lipinski definition) is 6. The molecule has 8 nitrogen and oxygen atoms in total. The Morgan fingerprint density at radius 2 is 0.935 bits per heavy atom. The number of phosphoric ester groups is 1. The predicted molar refractivity (Wildman–Crippen MR) is 266 cm³/mol. The summed E-state index contributed by atoms with van der Waals surface area (Å²) in [4.78, 5) is 23.0. The summed E-state index contributed by atoms with van der Waals surface area (Å²) < 4.78 is 35.1. The number of rotatable bonds is 47. The molecule has 0 fully saturated rings. The van der Waals surface area contributed by atoms with E-state index in [4.69, 9.17) is 18.5 Å². The van der Waals surface area contributed by atoms with Gasteiger partial charge in [-0.05, 0) is 57.8 Å². The first-order valence-electron chi connectivity index (χ1n) is 25.5. The van der Waals surface area contributed by atoms with Gasteiger partial charge in [0.05, 0.1) is 34.4 Å². The minimum atomic E-state index is -4.29. The average molecular weight is 893 g/mol. The molecule has 0 radical (unpaired) electrons. The van der Waals surface area contributed by atoms with Crippen LogP contribution in [0, 0.1) is 0 Å². The first kappa shape index (κ1) is 60.2. The minimum Gasteiger partial charge on any atom is -0.457 e. The molecule has 0 saturated heterocycles. The van der Waals surface area contributed by atoms with E-state index in [0.717, 1.165) is 83.5 Å². The molecule has 2 atom stereocenters. The molecular formula is C53H99NO7P+. The largest absolute Gasteiger partial charge is 0.472 e. The van der Waals surface area contributed by atoms with Gasteiger partial charge in [0, 0.05) is 13.0 Å². The maximum atomic E-state index is 12.8. The Balaban J connectivity index is 4.19. The van der Waals surface area contributed by atoms with Gasteiger partial charge < -0.3 is 18.9 Å². The molecule has 0 amide bonds. The maximum absolute atomic E-state index is 12.8. The van der Waals surface area contributed by atoms with E-state index in [1.807, 2.05) is 21.1 Å². The third-order valence-electron chi connectivity index (χ3n) is 10.8. The Morgan fingerprint density at radius 3 is 1.40 bits per heavy atom. The number of quaternary nitrogens is 1. The zero-order valence-corrected chi connectivity index (χ0v) is 42.0. The summed E-state index contributed by atoms with van der Waals surface area (Å²) in [5, 5.41) is 0. The van der Waals surface area contributed by atoms with Gasteiger partial charge in [0.1, 0.15) is 19.3 Å². The molecule has 0 aliphatic rings. The molecule has 0 saturated carbocycles. The van der Waals surface area contributed by atoms with Crippen LogP contribution in [-0.4, -0.2) is 75.6 Å². The summed E-state index contributed by atoms with van der Waals surface area (Å²) in [6.07, 6.45) is 58.4. The minimum absolute atomic E-state index is 0.0821. The summed E-state index contributed by atoms with van der Waals surface area (Å²) in [6.45, 7) is 5.47. The third-order valence-corrected chi connectivity index (χ3v) is 11.8. The van der Waals surface area contributed by atoms with Crippen LogP contribution >= 0.6 is 7.82 Å². The zero-order valence-electron chi connectivity index (χ0n) is 41.1. The van der Waals surface area contributed by atoms with Crippen molar-refractivity contribution in [2.75, 3.05) is 54.1 Å². The number of carbonyl (C=O) groups excluding carboxylic acids is 1. The molecule has 0 aliphatic carbocycles. The number of esters is 1. The van der Waals surface area contributed by atoms with Crippen LogP contribution in [0.2, 0.25) is 0 Å². The van der Waals surface area contributed by atoms with Gasteiger partial charge >= 0.3 is 13.8 Å². The van der Waals surface area contributed by atoms with E-state index in [0.29, 0.717) is 24.1 Å². The molecule has 9 heteroatoms. The highest BCUT2D eigenvalue weighted by Gasteiger charge is 2.26. The fraction of sp³-hybridized carbons (Fsp3) is 0.792. The van der Waals surface area contributed by atoms with Crippen molar-refractivity contribution in [3.8, 4) is 0 Å². The summed E-state index contributed by atoms with van der Waals surface area (Å²) in [5.41, 5.74) is 0. The number of phosphoric acid groups is 1. The predicted octanol–water partition coefficient (Wildman–Crippen LogP) is 15.7. The second kappa shape index (κ2) is 45.8. The van der Waals surface area contributed by atoms with Gasteiger partial charge in [-0.2, -0.15) is 0 Å². The second-order valence-corrected chi connectivity index (χ2v) is 19.6. The molecular weight excluding hydrogens is 794 g/mol. The monoisotopic (exact) mass is 893 g/mol. The standard InChI is InChI=1S/C53H98NO7P/c1-6-8-10-12-14-16-18-20-22-24-26-28-30-32-34-36-38-40-42-44-46-53(55)61-52(51-60-62(56,57)59-49-47-54(3,4)5)50-58-48-45-43-41-39-37-35-33-31-29-27-25-23-21-19-17-15-13-11-9-7-2/h9,11,15,17,21,23,27,29,33,35,52H,6-8,10,12-14,16,18-20,22,24-26,28,30-32,34,36-51H2,1-5H3/p+1/b11-9-,17-15-,23-21-,29-27-,35-33-. The molecule has 362 valence electrons. The van der Waals surface area contributed by atoms with Gasteiger partial charge in [0.2, 0.25) is 0 Å². The summed E-state index contributed by atoms with van der Waals surface area (Å²) >= 11 is 0. The molecule has 0 aliphatic heterocycles. The Labute approximate surface area is 383 Å².